The van der Waals surface area contributed by atoms with Gasteiger partial charge in [-0.05, 0) is 158 Å². The van der Waals surface area contributed by atoms with Crippen molar-refractivity contribution in [3.63, 3.8) is 0 Å². The van der Waals surface area contributed by atoms with Crippen LogP contribution in [0.1, 0.15) is 154 Å². The van der Waals surface area contributed by atoms with Crippen LogP contribution in [0.15, 0.2) is 91.4 Å². The molecule has 426 valence electrons. The van der Waals surface area contributed by atoms with Gasteiger partial charge in [0.25, 0.3) is 0 Å². The van der Waals surface area contributed by atoms with Crippen LogP contribution < -0.4 is 25.4 Å². The summed E-state index contributed by atoms with van der Waals surface area (Å²) < 4.78 is 6.10. The van der Waals surface area contributed by atoms with E-state index in [1.165, 1.54) is 68.5 Å². The minimum atomic E-state index is -2.21. The Labute approximate surface area is 491 Å². The molecule has 6 heterocycles. The normalized spacial score (nSPS) is 13.1. The van der Waals surface area contributed by atoms with E-state index in [1.54, 1.807) is 22.2 Å². The van der Waals surface area contributed by atoms with Crippen LogP contribution in [-0.2, 0) is 48.1 Å². The van der Waals surface area contributed by atoms with Crippen molar-refractivity contribution < 1.29 is 9.59 Å². The van der Waals surface area contributed by atoms with Crippen molar-refractivity contribution in [2.45, 2.75) is 183 Å². The van der Waals surface area contributed by atoms with Gasteiger partial charge in [-0.2, -0.15) is 0 Å². The molecule has 0 saturated carbocycles. The van der Waals surface area contributed by atoms with Crippen LogP contribution >= 0.6 is 34.8 Å². The first-order chi connectivity index (χ1) is 37.8. The number of fused-ring (bicyclic) bond motifs is 3. The molecule has 0 aromatic carbocycles. The van der Waals surface area contributed by atoms with E-state index in [2.05, 4.69) is 74.9 Å². The molecule has 3 aliphatic rings. The predicted octanol–water partition coefficient (Wildman–Crippen LogP) is 14.1. The molecule has 6 aromatic heterocycles. The summed E-state index contributed by atoms with van der Waals surface area (Å²) in [6, 6.07) is 23.9. The van der Waals surface area contributed by atoms with E-state index < -0.39 is 18.4 Å². The second-order valence-corrected chi connectivity index (χ2v) is 37.0. The quantitative estimate of drug-likeness (QED) is 0.0539. The van der Waals surface area contributed by atoms with E-state index in [0.717, 1.165) is 113 Å². The van der Waals surface area contributed by atoms with Gasteiger partial charge >= 0.3 is 124 Å². The van der Waals surface area contributed by atoms with Crippen LogP contribution in [0, 0.1) is 0 Å². The molecule has 0 fully saturated rings. The summed E-state index contributed by atoms with van der Waals surface area (Å²) in [5, 5.41) is 11.1. The molecule has 0 spiro atoms. The van der Waals surface area contributed by atoms with Crippen molar-refractivity contribution in [3.8, 4) is 22.8 Å². The summed E-state index contributed by atoms with van der Waals surface area (Å²) in [5.41, 5.74) is 16.2. The number of halogens is 3. The SMILES string of the molecule is CC(C)(C)NC(=O)CN.CC(C)(C)NC(=O)CNc1cc(-c2ccccn2)nc2c1CCC2.CCC[CH2][Sn]([CH2]CCC)([CH2]CCC)[c]1ccccn1.Clc1cc(-c2ccccn2)nc2c1CCC2.Clc1cc(Cl)c2c(n1)CCC2. The first-order valence-corrected chi connectivity index (χ1v) is 37.2. The van der Waals surface area contributed by atoms with E-state index in [1.807, 2.05) is 96.3 Å². The van der Waals surface area contributed by atoms with Crippen molar-refractivity contribution >= 4 is 74.4 Å². The largest absolute Gasteiger partial charge is 0.255 e. The van der Waals surface area contributed by atoms with Crippen LogP contribution in [0.25, 0.3) is 22.8 Å². The molecule has 0 unspecified atom stereocenters. The Kier molecular flexibility index (Phi) is 26.9. The third kappa shape index (κ3) is 21.6. The number of rotatable bonds is 16. The third-order valence-electron chi connectivity index (χ3n) is 13.8. The monoisotopic (exact) mass is 1240 g/mol. The molecule has 0 atom stereocenters. The van der Waals surface area contributed by atoms with E-state index in [-0.39, 0.29) is 36.0 Å². The smallest absolute Gasteiger partial charge is 0.130 e. The zero-order valence-corrected chi connectivity index (χ0v) is 53.6. The standard InChI is InChI=1S/C19H24N4O.C13H11ClN2.C8H7Cl2N.C6H14N2O.C5H4N.3C4H9.Sn/c1-19(2,3)23-18(24)12-21-16-11-17(15-8-4-5-10-20-15)22-14-9-6-7-13(14)16;14-10-8-13(12-5-1-2-7-15-12)16-11-6-3-4-9(10)11;9-6-4-8(10)11-7-3-1-2-5(6)7;1-6(2,3)8-5(9)4-7;1-2-4-6-5-3-1;3*1-3-4-2;/h4-5,8,10-11H,6-7,9,12H2,1-3H3,(H,21,22)(H,23,24);1-2,5,7-8H,3-4,6H2;4H,1-3H2;4,7H2,1-3H3,(H,8,9);1-4H;3*1,3-4H2,2H3;. The number of unbranched alkanes of at least 4 members (excludes halogenated alkanes) is 3. The molecule has 3 aliphatic carbocycles. The topological polar surface area (TPSA) is 174 Å². The second-order valence-electron chi connectivity index (χ2n) is 22.7. The maximum absolute atomic E-state index is 12.1. The average molecular weight is 1240 g/mol. The Morgan fingerprint density at radius 2 is 0.987 bits per heavy atom. The number of anilines is 1. The van der Waals surface area contributed by atoms with Crippen molar-refractivity contribution in [3.05, 3.63) is 140 Å². The molecule has 5 N–H and O–H groups in total. The average Bonchev–Trinajstić information content (AvgIpc) is 4.24. The Balaban J connectivity index is 0.000000189. The number of hydrogen-bond donors (Lipinski definition) is 4. The molecule has 0 saturated heterocycles. The molecule has 6 aromatic rings. The van der Waals surface area contributed by atoms with Gasteiger partial charge in [0.2, 0.25) is 11.8 Å². The summed E-state index contributed by atoms with van der Waals surface area (Å²) >= 11 is 15.7. The molecule has 0 bridgehead atoms. The molecular formula is C63H87Cl3N10O2Sn. The van der Waals surface area contributed by atoms with Crippen molar-refractivity contribution in [1.82, 2.24) is 40.5 Å². The van der Waals surface area contributed by atoms with E-state index >= 15 is 0 Å². The number of nitrogens with two attached hydrogens (primary N) is 1. The van der Waals surface area contributed by atoms with E-state index in [9.17, 15) is 9.59 Å². The number of nitrogens with one attached hydrogen (secondary N) is 3. The molecule has 2 amide bonds. The van der Waals surface area contributed by atoms with Gasteiger partial charge in [0.15, 0.2) is 0 Å². The molecule has 9 rings (SSSR count). The van der Waals surface area contributed by atoms with Crippen LogP contribution in [0.3, 0.4) is 0 Å². The summed E-state index contributed by atoms with van der Waals surface area (Å²) in [6.07, 6.45) is 23.4. The van der Waals surface area contributed by atoms with Gasteiger partial charge in [0, 0.05) is 56.3 Å². The first kappa shape index (κ1) is 65.1. The molecular weight excluding hydrogens is 1150 g/mol. The van der Waals surface area contributed by atoms with Crippen molar-refractivity contribution in [2.24, 2.45) is 5.73 Å². The molecule has 12 nitrogen and oxygen atoms in total. The van der Waals surface area contributed by atoms with E-state index in [4.69, 9.17) is 50.5 Å². The van der Waals surface area contributed by atoms with Gasteiger partial charge in [0.1, 0.15) is 5.15 Å². The summed E-state index contributed by atoms with van der Waals surface area (Å²) in [6.45, 7) is 19.0. The van der Waals surface area contributed by atoms with Gasteiger partial charge in [-0.25, -0.2) is 4.98 Å². The fourth-order valence-corrected chi connectivity index (χ4v) is 26.3. The third-order valence-corrected chi connectivity index (χ3v) is 29.8. The van der Waals surface area contributed by atoms with E-state index in [0.29, 0.717) is 5.15 Å². The van der Waals surface area contributed by atoms with Crippen molar-refractivity contribution in [1.29, 1.82) is 0 Å². The number of aromatic nitrogens is 6. The summed E-state index contributed by atoms with van der Waals surface area (Å²) in [4.78, 5) is 49.8. The fraction of sp³-hybridized carbons (Fsp3) is 0.492. The zero-order chi connectivity index (χ0) is 57.4. The predicted molar refractivity (Wildman–Crippen MR) is 332 cm³/mol. The van der Waals surface area contributed by atoms with Crippen LogP contribution in [-0.4, -0.2) is 84.3 Å². The summed E-state index contributed by atoms with van der Waals surface area (Å²) in [7, 11) is 0. The minimum absolute atomic E-state index is 0.00885. The number of nitrogens with zero attached hydrogens (tertiary/aromatic N) is 6. The minimum Gasteiger partial charge on any atom is -0.255 e. The van der Waals surface area contributed by atoms with Gasteiger partial charge in [-0.15, -0.1) is 0 Å². The maximum Gasteiger partial charge on any atom is 0.130 e. The molecule has 0 aliphatic heterocycles. The van der Waals surface area contributed by atoms with Gasteiger partial charge in [0.05, 0.1) is 35.9 Å². The second kappa shape index (κ2) is 32.6. The number of hydrogen-bond acceptors (Lipinski definition) is 10. The Hall–Kier alpha value is -4.73. The van der Waals surface area contributed by atoms with Crippen LogP contribution in [0.5, 0.6) is 0 Å². The van der Waals surface area contributed by atoms with Gasteiger partial charge in [-0.3, -0.25) is 29.5 Å². The zero-order valence-electron chi connectivity index (χ0n) is 48.5. The van der Waals surface area contributed by atoms with Crippen molar-refractivity contribution in [2.75, 3.05) is 18.4 Å². The summed E-state index contributed by atoms with van der Waals surface area (Å²) in [5.74, 6) is -0.118. The maximum atomic E-state index is 12.1. The number of carbonyl (C=O) groups excluding carboxylic acids is 2. The number of pyridine rings is 6. The Morgan fingerprint density at radius 1 is 0.544 bits per heavy atom. The van der Waals surface area contributed by atoms with Crippen LogP contribution in [0.2, 0.25) is 28.5 Å². The number of amides is 2. The fourth-order valence-electron chi connectivity index (χ4n) is 10.0. The van der Waals surface area contributed by atoms with Gasteiger partial charge in [-0.1, -0.05) is 46.9 Å². The molecule has 0 radical (unpaired) electrons. The Morgan fingerprint density at radius 3 is 1.43 bits per heavy atom. The molecule has 16 heteroatoms. The van der Waals surface area contributed by atoms with Crippen LogP contribution in [0.4, 0.5) is 5.69 Å². The first-order valence-electron chi connectivity index (χ1n) is 28.6. The number of carbonyl (C=O) groups is 2. The molecule has 79 heavy (non-hydrogen) atoms. The number of aryl methyl sites for hydroxylation is 3. The Bertz CT molecular complexity index is 2810. The van der Waals surface area contributed by atoms with Gasteiger partial charge < -0.3 is 21.7 Å².